The number of rotatable bonds is 7. The van der Waals surface area contributed by atoms with Crippen molar-refractivity contribution >= 4 is 21.4 Å². The number of ether oxygens (including phenoxy) is 2. The van der Waals surface area contributed by atoms with E-state index in [0.717, 1.165) is 55.3 Å². The van der Waals surface area contributed by atoms with Crippen molar-refractivity contribution in [2.45, 2.75) is 56.6 Å². The molecule has 1 aromatic carbocycles. The Kier molecular flexibility index (Phi) is 7.15. The van der Waals surface area contributed by atoms with Crippen molar-refractivity contribution in [1.29, 1.82) is 0 Å². The van der Waals surface area contributed by atoms with E-state index < -0.39 is 10.0 Å². The van der Waals surface area contributed by atoms with Crippen LogP contribution in [-0.4, -0.2) is 67.5 Å². The van der Waals surface area contributed by atoms with Crippen molar-refractivity contribution < 1.29 is 17.9 Å². The average molecular weight is 466 g/mol. The lowest BCUT2D eigenvalue weighted by Crippen LogP contribution is -2.50. The number of likely N-dealkylation sites (tertiary alicyclic amines) is 1. The number of sulfonamides is 1. The van der Waals surface area contributed by atoms with Gasteiger partial charge in [0, 0.05) is 43.8 Å². The summed E-state index contributed by atoms with van der Waals surface area (Å²) in [5.41, 5.74) is 0.848. The summed E-state index contributed by atoms with van der Waals surface area (Å²) in [7, 11) is -3.47. The second-order valence-corrected chi connectivity index (χ2v) is 10.9. The number of piperidine rings is 2. The molecule has 0 radical (unpaired) electrons. The van der Waals surface area contributed by atoms with Crippen LogP contribution in [0.2, 0.25) is 0 Å². The first-order valence-corrected chi connectivity index (χ1v) is 13.3. The zero-order chi connectivity index (χ0) is 21.8. The Morgan fingerprint density at radius 2 is 1.87 bits per heavy atom. The molecule has 0 aliphatic carbocycles. The van der Waals surface area contributed by atoms with Gasteiger partial charge < -0.3 is 14.4 Å². The molecule has 0 atom stereocenters. The van der Waals surface area contributed by atoms with Gasteiger partial charge in [0.1, 0.15) is 11.9 Å². The molecule has 2 aliphatic rings. The van der Waals surface area contributed by atoms with E-state index in [1.807, 2.05) is 19.2 Å². The van der Waals surface area contributed by atoms with Gasteiger partial charge in [-0.25, -0.2) is 13.4 Å². The molecule has 1 aromatic heterocycles. The number of thiazole rings is 1. The summed E-state index contributed by atoms with van der Waals surface area (Å²) in [6.07, 6.45) is 5.71. The Morgan fingerprint density at radius 1 is 1.13 bits per heavy atom. The molecule has 2 fully saturated rings. The van der Waals surface area contributed by atoms with Crippen molar-refractivity contribution in [2.24, 2.45) is 0 Å². The molecule has 7 nitrogen and oxygen atoms in total. The monoisotopic (exact) mass is 465 g/mol. The first-order valence-electron chi connectivity index (χ1n) is 11.0. The van der Waals surface area contributed by atoms with Gasteiger partial charge in [-0.05, 0) is 63.3 Å². The van der Waals surface area contributed by atoms with E-state index in [-0.39, 0.29) is 6.10 Å². The number of aryl methyl sites for hydroxylation is 1. The predicted molar refractivity (Wildman–Crippen MR) is 121 cm³/mol. The molecule has 0 amide bonds. The molecule has 0 unspecified atom stereocenters. The average Bonchev–Trinajstić information content (AvgIpc) is 3.29. The fourth-order valence-corrected chi connectivity index (χ4v) is 6.57. The van der Waals surface area contributed by atoms with Crippen molar-refractivity contribution in [1.82, 2.24) is 14.2 Å². The molecule has 170 valence electrons. The zero-order valence-corrected chi connectivity index (χ0v) is 19.8. The molecular weight excluding hydrogens is 434 g/mol. The van der Waals surface area contributed by atoms with Crippen molar-refractivity contribution in [3.63, 3.8) is 0 Å². The van der Waals surface area contributed by atoms with Gasteiger partial charge in [0.05, 0.1) is 11.5 Å². The molecule has 4 rings (SSSR count). The standard InChI is InChI=1S/C22H31N3O4S2/c1-3-28-21-5-4-20(16-17(21)2)31(26,27)25-13-6-18(7-14-25)24-11-8-19(9-12-24)29-22-23-10-15-30-22/h4-5,10,15-16,18-19H,3,6-9,11-14H2,1-2H3. The highest BCUT2D eigenvalue weighted by Gasteiger charge is 2.33. The molecule has 3 heterocycles. The van der Waals surface area contributed by atoms with Crippen LogP contribution in [0.5, 0.6) is 10.9 Å². The van der Waals surface area contributed by atoms with Gasteiger partial charge in [-0.15, -0.1) is 0 Å². The number of hydrogen-bond donors (Lipinski definition) is 0. The third-order valence-corrected chi connectivity index (χ3v) is 8.73. The summed E-state index contributed by atoms with van der Waals surface area (Å²) in [4.78, 5) is 7.07. The van der Waals surface area contributed by atoms with Crippen LogP contribution in [0.3, 0.4) is 0 Å². The molecule has 0 N–H and O–H groups in total. The summed E-state index contributed by atoms with van der Waals surface area (Å²) in [5, 5.41) is 2.68. The Labute approximate surface area is 189 Å². The summed E-state index contributed by atoms with van der Waals surface area (Å²) in [5.74, 6) is 0.738. The predicted octanol–water partition coefficient (Wildman–Crippen LogP) is 3.55. The Balaban J connectivity index is 1.30. The Morgan fingerprint density at radius 3 is 2.48 bits per heavy atom. The van der Waals surface area contributed by atoms with E-state index in [9.17, 15) is 8.42 Å². The second-order valence-electron chi connectivity index (χ2n) is 8.15. The van der Waals surface area contributed by atoms with Crippen LogP contribution in [0.25, 0.3) is 0 Å². The lowest BCUT2D eigenvalue weighted by Gasteiger charge is -2.41. The molecule has 9 heteroatoms. The molecule has 0 spiro atoms. The third-order valence-electron chi connectivity index (χ3n) is 6.18. The van der Waals surface area contributed by atoms with Gasteiger partial charge in [0.2, 0.25) is 10.0 Å². The van der Waals surface area contributed by atoms with Crippen LogP contribution in [0.4, 0.5) is 0 Å². The fourth-order valence-electron chi connectivity index (χ4n) is 4.47. The molecular formula is C22H31N3O4S2. The minimum absolute atomic E-state index is 0.228. The van der Waals surface area contributed by atoms with Crippen molar-refractivity contribution in [3.8, 4) is 10.9 Å². The van der Waals surface area contributed by atoms with E-state index >= 15 is 0 Å². The van der Waals surface area contributed by atoms with Gasteiger partial charge in [0.25, 0.3) is 5.19 Å². The van der Waals surface area contributed by atoms with Crippen LogP contribution in [-0.2, 0) is 10.0 Å². The Bertz CT molecular complexity index is 949. The normalized spacial score (nSPS) is 20.1. The van der Waals surface area contributed by atoms with Crippen molar-refractivity contribution in [3.05, 3.63) is 35.3 Å². The van der Waals surface area contributed by atoms with E-state index in [1.54, 1.807) is 28.7 Å². The highest BCUT2D eigenvalue weighted by atomic mass is 32.2. The first kappa shape index (κ1) is 22.5. The van der Waals surface area contributed by atoms with Gasteiger partial charge in [-0.3, -0.25) is 0 Å². The molecule has 2 aromatic rings. The lowest BCUT2D eigenvalue weighted by atomic mass is 10.00. The summed E-state index contributed by atoms with van der Waals surface area (Å²) in [6, 6.07) is 5.58. The van der Waals surface area contributed by atoms with Gasteiger partial charge in [-0.2, -0.15) is 4.31 Å². The zero-order valence-electron chi connectivity index (χ0n) is 18.2. The fraction of sp³-hybridized carbons (Fsp3) is 0.591. The maximum atomic E-state index is 13.1. The largest absolute Gasteiger partial charge is 0.494 e. The summed E-state index contributed by atoms with van der Waals surface area (Å²) >= 11 is 1.53. The Hall–Kier alpha value is -1.68. The molecule has 0 saturated carbocycles. The first-order chi connectivity index (χ1) is 15.0. The van der Waals surface area contributed by atoms with Gasteiger partial charge in [0.15, 0.2) is 0 Å². The minimum Gasteiger partial charge on any atom is -0.494 e. The second kappa shape index (κ2) is 9.85. The van der Waals surface area contributed by atoms with Crippen LogP contribution in [0, 0.1) is 6.92 Å². The highest BCUT2D eigenvalue weighted by molar-refractivity contribution is 7.89. The number of hydrogen-bond acceptors (Lipinski definition) is 7. The summed E-state index contributed by atoms with van der Waals surface area (Å²) < 4.78 is 39.4. The van der Waals surface area contributed by atoms with Crippen molar-refractivity contribution in [2.75, 3.05) is 32.8 Å². The quantitative estimate of drug-likeness (QED) is 0.623. The number of aromatic nitrogens is 1. The maximum Gasteiger partial charge on any atom is 0.273 e. The molecule has 2 aliphatic heterocycles. The van der Waals surface area contributed by atoms with Crippen LogP contribution in [0.15, 0.2) is 34.7 Å². The SMILES string of the molecule is CCOc1ccc(S(=O)(=O)N2CCC(N3CCC(Oc4nccs4)CC3)CC2)cc1C. The third kappa shape index (κ3) is 5.22. The molecule has 31 heavy (non-hydrogen) atoms. The highest BCUT2D eigenvalue weighted by Crippen LogP contribution is 2.29. The van der Waals surface area contributed by atoms with Crippen LogP contribution < -0.4 is 9.47 Å². The van der Waals surface area contributed by atoms with Crippen LogP contribution in [0.1, 0.15) is 38.2 Å². The molecule has 0 bridgehead atoms. The van der Waals surface area contributed by atoms with E-state index in [2.05, 4.69) is 9.88 Å². The molecule has 2 saturated heterocycles. The smallest absolute Gasteiger partial charge is 0.273 e. The van der Waals surface area contributed by atoms with E-state index in [1.165, 1.54) is 11.3 Å². The minimum atomic E-state index is -3.47. The summed E-state index contributed by atoms with van der Waals surface area (Å²) in [6.45, 7) is 7.48. The van der Waals surface area contributed by atoms with E-state index in [0.29, 0.717) is 30.6 Å². The number of nitrogens with zero attached hydrogens (tertiary/aromatic N) is 3. The van der Waals surface area contributed by atoms with Gasteiger partial charge in [-0.1, -0.05) is 11.3 Å². The van der Waals surface area contributed by atoms with Gasteiger partial charge >= 0.3 is 0 Å². The maximum absolute atomic E-state index is 13.1. The van der Waals surface area contributed by atoms with E-state index in [4.69, 9.17) is 9.47 Å². The topological polar surface area (TPSA) is 72.0 Å². The lowest BCUT2D eigenvalue weighted by molar-refractivity contribution is 0.0584. The van der Waals surface area contributed by atoms with Crippen LogP contribution >= 0.6 is 11.3 Å². The number of benzene rings is 1.